The maximum absolute atomic E-state index is 11.0. The second-order valence-corrected chi connectivity index (χ2v) is 3.98. The molecule has 0 amide bonds. The van der Waals surface area contributed by atoms with E-state index in [1.54, 1.807) is 17.4 Å². The van der Waals surface area contributed by atoms with Gasteiger partial charge in [0.25, 0.3) is 0 Å². The van der Waals surface area contributed by atoms with E-state index in [2.05, 4.69) is 0 Å². The molecule has 3 nitrogen and oxygen atoms in total. The Morgan fingerprint density at radius 1 is 1.38 bits per heavy atom. The van der Waals surface area contributed by atoms with Crippen LogP contribution in [0.3, 0.4) is 0 Å². The summed E-state index contributed by atoms with van der Waals surface area (Å²) in [7, 11) is 1.48. The lowest BCUT2D eigenvalue weighted by atomic mass is 10.0. The Morgan fingerprint density at radius 2 is 2.19 bits per heavy atom. The summed E-state index contributed by atoms with van der Waals surface area (Å²) in [6.45, 7) is 0. The van der Waals surface area contributed by atoms with Gasteiger partial charge < -0.3 is 9.84 Å². The van der Waals surface area contributed by atoms with E-state index in [0.29, 0.717) is 5.75 Å². The second-order valence-electron chi connectivity index (χ2n) is 3.20. The van der Waals surface area contributed by atoms with Crippen molar-refractivity contribution in [1.29, 1.82) is 0 Å². The number of carboxylic acid groups (broad SMARTS) is 1. The first-order chi connectivity index (χ1) is 7.74. The van der Waals surface area contributed by atoms with Crippen LogP contribution in [-0.4, -0.2) is 18.2 Å². The normalized spacial score (nSPS) is 10.1. The number of carbonyl (C=O) groups is 1. The zero-order valence-corrected chi connectivity index (χ0v) is 9.45. The summed E-state index contributed by atoms with van der Waals surface area (Å²) in [5.74, 6) is -0.567. The zero-order chi connectivity index (χ0) is 11.5. The van der Waals surface area contributed by atoms with Gasteiger partial charge in [-0.1, -0.05) is 12.1 Å². The molecule has 2 aromatic rings. The van der Waals surface area contributed by atoms with Gasteiger partial charge in [0.1, 0.15) is 11.3 Å². The largest absolute Gasteiger partial charge is 0.495 e. The molecule has 82 valence electrons. The Morgan fingerprint density at radius 3 is 2.75 bits per heavy atom. The first-order valence-electron chi connectivity index (χ1n) is 4.67. The fourth-order valence-corrected chi connectivity index (χ4v) is 2.23. The van der Waals surface area contributed by atoms with Crippen LogP contribution in [0.15, 0.2) is 35.0 Å². The van der Waals surface area contributed by atoms with Crippen molar-refractivity contribution in [3.05, 3.63) is 40.6 Å². The predicted molar refractivity (Wildman–Crippen MR) is 63.3 cm³/mol. The molecule has 0 atom stereocenters. The van der Waals surface area contributed by atoms with Gasteiger partial charge in [0.05, 0.1) is 7.11 Å². The van der Waals surface area contributed by atoms with Crippen LogP contribution in [-0.2, 0) is 0 Å². The second kappa shape index (κ2) is 4.37. The maximum Gasteiger partial charge on any atom is 0.339 e. The summed E-state index contributed by atoms with van der Waals surface area (Å²) in [6, 6.07) is 7.05. The summed E-state index contributed by atoms with van der Waals surface area (Å²) in [5, 5.41) is 12.9. The highest BCUT2D eigenvalue weighted by molar-refractivity contribution is 7.08. The van der Waals surface area contributed by atoms with Gasteiger partial charge in [-0.3, -0.25) is 0 Å². The molecular formula is C12H10O3S. The number of thiophene rings is 1. The predicted octanol–water partition coefficient (Wildman–Crippen LogP) is 3.12. The highest BCUT2D eigenvalue weighted by Crippen LogP contribution is 2.34. The average molecular weight is 234 g/mol. The van der Waals surface area contributed by atoms with Crippen LogP contribution in [0.5, 0.6) is 5.75 Å². The SMILES string of the molecule is COc1c(C(=O)O)cccc1-c1ccsc1. The van der Waals surface area contributed by atoms with E-state index in [0.717, 1.165) is 11.1 Å². The Hall–Kier alpha value is -1.81. The van der Waals surface area contributed by atoms with Crippen molar-refractivity contribution < 1.29 is 14.6 Å². The number of hydrogen-bond acceptors (Lipinski definition) is 3. The number of para-hydroxylation sites is 1. The molecule has 4 heteroatoms. The molecule has 0 aliphatic rings. The van der Waals surface area contributed by atoms with Gasteiger partial charge in [-0.05, 0) is 28.5 Å². The smallest absolute Gasteiger partial charge is 0.339 e. The lowest BCUT2D eigenvalue weighted by Gasteiger charge is -2.09. The Balaban J connectivity index is 2.62. The van der Waals surface area contributed by atoms with Gasteiger partial charge in [-0.25, -0.2) is 4.79 Å². The third-order valence-corrected chi connectivity index (χ3v) is 2.96. The molecule has 1 heterocycles. The zero-order valence-electron chi connectivity index (χ0n) is 8.64. The molecule has 0 saturated carbocycles. The minimum Gasteiger partial charge on any atom is -0.495 e. The van der Waals surface area contributed by atoms with Gasteiger partial charge in [-0.15, -0.1) is 0 Å². The van der Waals surface area contributed by atoms with E-state index in [1.165, 1.54) is 13.2 Å². The van der Waals surface area contributed by atoms with E-state index in [1.807, 2.05) is 22.9 Å². The number of aromatic carboxylic acids is 1. The van der Waals surface area contributed by atoms with E-state index >= 15 is 0 Å². The Bertz CT molecular complexity index is 503. The van der Waals surface area contributed by atoms with Gasteiger partial charge in [0.15, 0.2) is 0 Å². The average Bonchev–Trinajstić information content (AvgIpc) is 2.81. The minimum absolute atomic E-state index is 0.186. The van der Waals surface area contributed by atoms with Crippen LogP contribution in [0, 0.1) is 0 Å². The number of benzene rings is 1. The standard InChI is InChI=1S/C12H10O3S/c1-15-11-9(8-5-6-16-7-8)3-2-4-10(11)12(13)14/h2-7H,1H3,(H,13,14). The highest BCUT2D eigenvalue weighted by Gasteiger charge is 2.15. The topological polar surface area (TPSA) is 46.5 Å². The fraction of sp³-hybridized carbons (Fsp3) is 0.0833. The van der Waals surface area contributed by atoms with Crippen LogP contribution in [0.25, 0.3) is 11.1 Å². The third kappa shape index (κ3) is 1.79. The molecule has 16 heavy (non-hydrogen) atoms. The molecule has 0 aliphatic carbocycles. The summed E-state index contributed by atoms with van der Waals surface area (Å²) in [5.41, 5.74) is 1.97. The van der Waals surface area contributed by atoms with E-state index in [-0.39, 0.29) is 5.56 Å². The number of carboxylic acids is 1. The van der Waals surface area contributed by atoms with Gasteiger partial charge >= 0.3 is 5.97 Å². The Kier molecular flexibility index (Phi) is 2.92. The van der Waals surface area contributed by atoms with Crippen molar-refractivity contribution in [2.45, 2.75) is 0 Å². The molecular weight excluding hydrogens is 224 g/mol. The molecule has 0 unspecified atom stereocenters. The van der Waals surface area contributed by atoms with Crippen molar-refractivity contribution in [2.75, 3.05) is 7.11 Å². The molecule has 0 radical (unpaired) electrons. The molecule has 0 aliphatic heterocycles. The highest BCUT2D eigenvalue weighted by atomic mass is 32.1. The summed E-state index contributed by atoms with van der Waals surface area (Å²) in [6.07, 6.45) is 0. The number of ether oxygens (including phenoxy) is 1. The number of rotatable bonds is 3. The molecule has 1 aromatic carbocycles. The Labute approximate surface area is 96.9 Å². The molecule has 0 saturated heterocycles. The summed E-state index contributed by atoms with van der Waals surface area (Å²) < 4.78 is 5.19. The van der Waals surface area contributed by atoms with Crippen LogP contribution in [0.1, 0.15) is 10.4 Å². The molecule has 2 rings (SSSR count). The van der Waals surface area contributed by atoms with Crippen LogP contribution in [0.4, 0.5) is 0 Å². The summed E-state index contributed by atoms with van der Waals surface area (Å²) >= 11 is 1.56. The minimum atomic E-state index is -0.978. The summed E-state index contributed by atoms with van der Waals surface area (Å²) in [4.78, 5) is 11.0. The molecule has 0 bridgehead atoms. The van der Waals surface area contributed by atoms with Crippen molar-refractivity contribution in [3.8, 4) is 16.9 Å². The van der Waals surface area contributed by atoms with Crippen molar-refractivity contribution >= 4 is 17.3 Å². The monoisotopic (exact) mass is 234 g/mol. The fourth-order valence-electron chi connectivity index (χ4n) is 1.57. The van der Waals surface area contributed by atoms with E-state index in [9.17, 15) is 4.79 Å². The number of methoxy groups -OCH3 is 1. The molecule has 0 fully saturated rings. The van der Waals surface area contributed by atoms with Crippen LogP contribution in [0.2, 0.25) is 0 Å². The van der Waals surface area contributed by atoms with E-state index in [4.69, 9.17) is 9.84 Å². The van der Waals surface area contributed by atoms with Crippen LogP contribution < -0.4 is 4.74 Å². The van der Waals surface area contributed by atoms with Gasteiger partial charge in [0, 0.05) is 5.56 Å². The van der Waals surface area contributed by atoms with Crippen molar-refractivity contribution in [2.24, 2.45) is 0 Å². The van der Waals surface area contributed by atoms with Crippen molar-refractivity contribution in [3.63, 3.8) is 0 Å². The van der Waals surface area contributed by atoms with Gasteiger partial charge in [0.2, 0.25) is 0 Å². The quantitative estimate of drug-likeness (QED) is 0.887. The first-order valence-corrected chi connectivity index (χ1v) is 5.61. The number of hydrogen-bond donors (Lipinski definition) is 1. The maximum atomic E-state index is 11.0. The lowest BCUT2D eigenvalue weighted by molar-refractivity contribution is 0.0693. The molecule has 1 aromatic heterocycles. The third-order valence-electron chi connectivity index (χ3n) is 2.28. The lowest BCUT2D eigenvalue weighted by Crippen LogP contribution is -2.01. The van der Waals surface area contributed by atoms with Gasteiger partial charge in [-0.2, -0.15) is 11.3 Å². The molecule has 1 N–H and O–H groups in total. The van der Waals surface area contributed by atoms with E-state index < -0.39 is 5.97 Å². The van der Waals surface area contributed by atoms with Crippen LogP contribution >= 0.6 is 11.3 Å². The molecule has 0 spiro atoms. The van der Waals surface area contributed by atoms with Crippen molar-refractivity contribution in [1.82, 2.24) is 0 Å². The first kappa shape index (κ1) is 10.7.